The number of nitrogens with two attached hydrogens (primary N) is 3. The van der Waals surface area contributed by atoms with Crippen LogP contribution in [-0.4, -0.2) is 137 Å². The van der Waals surface area contributed by atoms with Gasteiger partial charge in [0.05, 0.1) is 11.1 Å². The summed E-state index contributed by atoms with van der Waals surface area (Å²) in [6, 6.07) is 11.5. The minimum atomic E-state index is -5.08. The number of unbranched alkanes of at least 4 members (excludes halogenated alkanes) is 1. The van der Waals surface area contributed by atoms with Crippen LogP contribution in [-0.2, 0) is 40.6 Å². The zero-order valence-electron chi connectivity index (χ0n) is 37.0. The van der Waals surface area contributed by atoms with Crippen molar-refractivity contribution in [3.05, 3.63) is 63.8 Å². The largest absolute Gasteiger partial charge is 0.490 e. The lowest BCUT2D eigenvalue weighted by Gasteiger charge is -2.40. The molecular formula is C40H47Cl2F9N8O11S. The van der Waals surface area contributed by atoms with Gasteiger partial charge in [-0.2, -0.15) is 44.2 Å². The number of aromatic nitrogens is 1. The standard InChI is InChI=1S/C34H44Cl2N8O5S.3C2HF3O2/c1-22-10-11-23-7-6-9-27(30(23)41-22)49-21-24-25(35)12-13-28(29(24)36)50(47,48)42-34(14-3-4-15-34)32(46)44-19-17-43(18-20-44)31(45)26(37)8-2-5-16-40-33(38)39;3*3-2(4,5)1(6)7/h6-7,9-13,26,42H,2-5,8,14-21,37H2,1H3,(H4,38,39,40);3*(H,6,7)/t26-;;;/m0.../s1. The van der Waals surface area contributed by atoms with E-state index in [1.165, 1.54) is 12.1 Å². The van der Waals surface area contributed by atoms with Crippen LogP contribution >= 0.6 is 23.2 Å². The molecule has 2 aliphatic rings. The van der Waals surface area contributed by atoms with Gasteiger partial charge in [0, 0.05) is 54.4 Å². The molecule has 1 atom stereocenters. The molecule has 1 aromatic heterocycles. The number of carboxylic acids is 3. The number of carbonyl (C=O) groups is 5. The van der Waals surface area contributed by atoms with Gasteiger partial charge in [-0.3, -0.25) is 14.6 Å². The quantitative estimate of drug-likeness (QED) is 0.0490. The number of aryl methyl sites for hydroxylation is 1. The Morgan fingerprint density at radius 1 is 0.817 bits per heavy atom. The molecule has 19 nitrogen and oxygen atoms in total. The number of nitrogens with one attached hydrogen (secondary N) is 1. The molecule has 3 aromatic rings. The van der Waals surface area contributed by atoms with Gasteiger partial charge >= 0.3 is 36.4 Å². The summed E-state index contributed by atoms with van der Waals surface area (Å²) in [6.45, 7) is 3.37. The monoisotopic (exact) mass is 1090 g/mol. The van der Waals surface area contributed by atoms with Gasteiger partial charge in [0.15, 0.2) is 5.96 Å². The Kier molecular flexibility index (Phi) is 22.4. The molecule has 5 rings (SSSR count). The molecule has 2 heterocycles. The first-order chi connectivity index (χ1) is 32.6. The number of hydrogen-bond acceptors (Lipinski definition) is 11. The highest BCUT2D eigenvalue weighted by atomic mass is 35.5. The molecule has 1 aliphatic carbocycles. The van der Waals surface area contributed by atoms with Crippen LogP contribution in [0.15, 0.2) is 52.4 Å². The number of fused-ring (bicyclic) bond motifs is 1. The van der Waals surface area contributed by atoms with Crippen molar-refractivity contribution in [1.29, 1.82) is 0 Å². The average molecular weight is 1090 g/mol. The van der Waals surface area contributed by atoms with E-state index in [1.807, 2.05) is 31.2 Å². The zero-order chi connectivity index (χ0) is 54.3. The van der Waals surface area contributed by atoms with Gasteiger partial charge in [0.2, 0.25) is 21.8 Å². The Morgan fingerprint density at radius 3 is 1.82 bits per heavy atom. The second-order valence-electron chi connectivity index (χ2n) is 15.2. The fourth-order valence-corrected chi connectivity index (χ4v) is 8.83. The van der Waals surface area contributed by atoms with E-state index in [9.17, 15) is 57.5 Å². The third-order valence-electron chi connectivity index (χ3n) is 9.97. The van der Waals surface area contributed by atoms with Crippen LogP contribution in [0.5, 0.6) is 5.75 Å². The third kappa shape index (κ3) is 19.0. The van der Waals surface area contributed by atoms with E-state index in [-0.39, 0.29) is 52.4 Å². The highest BCUT2D eigenvalue weighted by Gasteiger charge is 2.48. The number of aliphatic carboxylic acids is 3. The molecule has 2 aromatic carbocycles. The van der Waals surface area contributed by atoms with E-state index >= 15 is 0 Å². The minimum absolute atomic E-state index is 0.0275. The van der Waals surface area contributed by atoms with Gasteiger partial charge in [-0.1, -0.05) is 54.2 Å². The summed E-state index contributed by atoms with van der Waals surface area (Å²) < 4.78 is 132. The number of aliphatic imine (C=N–C) groups is 1. The number of guanidine groups is 1. The number of amides is 2. The number of hydrogen-bond donors (Lipinski definition) is 7. The van der Waals surface area contributed by atoms with Crippen molar-refractivity contribution in [2.24, 2.45) is 22.2 Å². The lowest BCUT2D eigenvalue weighted by atomic mass is 9.96. The highest BCUT2D eigenvalue weighted by Crippen LogP contribution is 2.37. The molecule has 0 radical (unpaired) electrons. The fraction of sp³-hybridized carbons (Fsp3) is 0.475. The molecule has 1 saturated heterocycles. The van der Waals surface area contributed by atoms with Crippen LogP contribution in [0, 0.1) is 6.92 Å². The predicted octanol–water partition coefficient (Wildman–Crippen LogP) is 5.36. The third-order valence-corrected chi connectivity index (χ3v) is 12.4. The molecule has 10 N–H and O–H groups in total. The van der Waals surface area contributed by atoms with Gasteiger partial charge in [-0.25, -0.2) is 27.8 Å². The molecule has 0 spiro atoms. The smallest absolute Gasteiger partial charge is 0.487 e. The molecule has 1 aliphatic heterocycles. The van der Waals surface area contributed by atoms with E-state index in [1.54, 1.807) is 15.9 Å². The molecular weight excluding hydrogens is 1040 g/mol. The Balaban J connectivity index is 0.000000685. The topological polar surface area (TPSA) is 311 Å². The summed E-state index contributed by atoms with van der Waals surface area (Å²) in [4.78, 5) is 65.3. The number of para-hydroxylation sites is 1. The van der Waals surface area contributed by atoms with Crippen molar-refractivity contribution in [3.8, 4) is 5.75 Å². The first-order valence-electron chi connectivity index (χ1n) is 20.4. The van der Waals surface area contributed by atoms with Crippen molar-refractivity contribution in [2.45, 2.75) is 93.5 Å². The van der Waals surface area contributed by atoms with Crippen molar-refractivity contribution >= 4 is 79.8 Å². The summed E-state index contributed by atoms with van der Waals surface area (Å²) in [5.74, 6) is -8.24. The van der Waals surface area contributed by atoms with Crippen LogP contribution in [0.1, 0.15) is 56.2 Å². The number of ether oxygens (including phenoxy) is 1. The number of rotatable bonds is 13. The normalized spacial score (nSPS) is 15.1. The molecule has 2 amide bonds. The summed E-state index contributed by atoms with van der Waals surface area (Å²) in [5.41, 5.74) is 17.3. The zero-order valence-corrected chi connectivity index (χ0v) is 39.3. The summed E-state index contributed by atoms with van der Waals surface area (Å²) >= 11 is 13.2. The lowest BCUT2D eigenvalue weighted by molar-refractivity contribution is -0.193. The number of benzene rings is 2. The first-order valence-corrected chi connectivity index (χ1v) is 22.7. The Bertz CT molecular complexity index is 2450. The van der Waals surface area contributed by atoms with Crippen LogP contribution in [0.2, 0.25) is 10.0 Å². The molecule has 71 heavy (non-hydrogen) atoms. The molecule has 2 fully saturated rings. The maximum atomic E-state index is 14.1. The summed E-state index contributed by atoms with van der Waals surface area (Å²) in [5, 5.41) is 22.4. The van der Waals surface area contributed by atoms with E-state index in [4.69, 9.17) is 74.8 Å². The van der Waals surface area contributed by atoms with Crippen LogP contribution in [0.3, 0.4) is 0 Å². The van der Waals surface area contributed by atoms with Crippen LogP contribution in [0.4, 0.5) is 39.5 Å². The van der Waals surface area contributed by atoms with Gasteiger partial charge in [0.25, 0.3) is 0 Å². The second kappa shape index (κ2) is 26.0. The van der Waals surface area contributed by atoms with Crippen molar-refractivity contribution < 1.29 is 92.0 Å². The highest BCUT2D eigenvalue weighted by molar-refractivity contribution is 7.89. The van der Waals surface area contributed by atoms with E-state index in [0.29, 0.717) is 81.4 Å². The van der Waals surface area contributed by atoms with Crippen LogP contribution in [0.25, 0.3) is 10.9 Å². The summed E-state index contributed by atoms with van der Waals surface area (Å²) in [6.07, 6.45) is -11.3. The number of carboxylic acid groups (broad SMARTS) is 3. The van der Waals surface area contributed by atoms with E-state index in [0.717, 1.165) is 11.1 Å². The number of piperazine rings is 1. The van der Waals surface area contributed by atoms with Crippen LogP contribution < -0.4 is 26.7 Å². The van der Waals surface area contributed by atoms with E-state index < -0.39 is 58.0 Å². The van der Waals surface area contributed by atoms with Crippen molar-refractivity contribution in [3.63, 3.8) is 0 Å². The number of halogens is 11. The molecule has 396 valence electrons. The fourth-order valence-electron chi connectivity index (χ4n) is 6.52. The van der Waals surface area contributed by atoms with Crippen molar-refractivity contribution in [1.82, 2.24) is 19.5 Å². The number of nitrogens with zero attached hydrogens (tertiary/aromatic N) is 4. The maximum absolute atomic E-state index is 14.1. The van der Waals surface area contributed by atoms with Gasteiger partial charge in [0.1, 0.15) is 28.3 Å². The number of alkyl halides is 9. The summed E-state index contributed by atoms with van der Waals surface area (Å²) in [7, 11) is -4.29. The van der Waals surface area contributed by atoms with Gasteiger partial charge < -0.3 is 47.1 Å². The average Bonchev–Trinajstić information content (AvgIpc) is 3.74. The number of sulfonamides is 1. The molecule has 0 bridgehead atoms. The van der Waals surface area contributed by atoms with Gasteiger partial charge in [-0.05, 0) is 63.3 Å². The Labute approximate surface area is 408 Å². The predicted molar refractivity (Wildman–Crippen MR) is 236 cm³/mol. The molecule has 1 saturated carbocycles. The maximum Gasteiger partial charge on any atom is 0.490 e. The number of pyridine rings is 1. The molecule has 0 unspecified atom stereocenters. The van der Waals surface area contributed by atoms with Gasteiger partial charge in [-0.15, -0.1) is 0 Å². The van der Waals surface area contributed by atoms with Crippen molar-refractivity contribution in [2.75, 3.05) is 32.7 Å². The molecule has 31 heteroatoms. The first kappa shape index (κ1) is 61.2. The second-order valence-corrected chi connectivity index (χ2v) is 17.7. The number of carbonyl (C=O) groups excluding carboxylic acids is 2. The minimum Gasteiger partial charge on any atom is -0.487 e. The SMILES string of the molecule is Cc1ccc2cccc(OCc3c(Cl)ccc(S(=O)(=O)NC4(C(=O)N5CCN(C(=O)[C@@H](N)CCCCN=C(N)N)CC5)CCCC4)c3Cl)c2n1.O=C(O)C(F)(F)F.O=C(O)C(F)(F)F.O=C(O)C(F)(F)F. The Hall–Kier alpha value is -5.91. The Morgan fingerprint density at radius 2 is 1.32 bits per heavy atom. The lowest BCUT2D eigenvalue weighted by Crippen LogP contribution is -2.62. The van der Waals surface area contributed by atoms with E-state index in [2.05, 4.69) is 14.7 Å².